The third-order valence-corrected chi connectivity index (χ3v) is 3.31. The Labute approximate surface area is 106 Å². The first kappa shape index (κ1) is 12.4. The van der Waals surface area contributed by atoms with Crippen molar-refractivity contribution in [2.24, 2.45) is 0 Å². The van der Waals surface area contributed by atoms with E-state index in [0.717, 1.165) is 31.6 Å². The van der Waals surface area contributed by atoms with Gasteiger partial charge in [0.2, 0.25) is 0 Å². The summed E-state index contributed by atoms with van der Waals surface area (Å²) < 4.78 is 0. The van der Waals surface area contributed by atoms with Gasteiger partial charge in [-0.25, -0.2) is 4.79 Å². The molecule has 1 aromatic carbocycles. The maximum atomic E-state index is 10.9. The van der Waals surface area contributed by atoms with Gasteiger partial charge in [0.1, 0.15) is 6.07 Å². The van der Waals surface area contributed by atoms with Gasteiger partial charge in [-0.1, -0.05) is 12.8 Å². The molecule has 0 amide bonds. The quantitative estimate of drug-likeness (QED) is 0.868. The van der Waals surface area contributed by atoms with Gasteiger partial charge in [0.25, 0.3) is 0 Å². The van der Waals surface area contributed by atoms with E-state index in [1.165, 1.54) is 18.9 Å². The number of nitriles is 1. The fourth-order valence-corrected chi connectivity index (χ4v) is 2.35. The highest BCUT2D eigenvalue weighted by atomic mass is 16.4. The fraction of sp³-hybridized carbons (Fsp3) is 0.429. The van der Waals surface area contributed by atoms with Gasteiger partial charge in [-0.2, -0.15) is 5.26 Å². The molecule has 0 spiro atoms. The zero-order valence-corrected chi connectivity index (χ0v) is 10.2. The lowest BCUT2D eigenvalue weighted by molar-refractivity contribution is 0.0697. The molecule has 1 fully saturated rings. The first-order valence-corrected chi connectivity index (χ1v) is 6.25. The molecular weight excluding hydrogens is 228 g/mol. The average molecular weight is 244 g/mol. The normalized spacial score (nSPS) is 15.8. The van der Waals surface area contributed by atoms with Gasteiger partial charge < -0.3 is 10.0 Å². The van der Waals surface area contributed by atoms with E-state index in [-0.39, 0.29) is 5.56 Å². The molecule has 1 heterocycles. The molecule has 1 N–H and O–H groups in total. The van der Waals surface area contributed by atoms with Crippen LogP contribution in [0, 0.1) is 11.3 Å². The Kier molecular flexibility index (Phi) is 3.83. The van der Waals surface area contributed by atoms with E-state index in [2.05, 4.69) is 11.0 Å². The van der Waals surface area contributed by atoms with E-state index in [9.17, 15) is 4.79 Å². The summed E-state index contributed by atoms with van der Waals surface area (Å²) in [6.07, 6.45) is 4.72. The number of carboxylic acid groups (broad SMARTS) is 1. The Hall–Kier alpha value is -2.02. The highest BCUT2D eigenvalue weighted by Crippen LogP contribution is 2.24. The molecule has 94 valence electrons. The third kappa shape index (κ3) is 2.62. The minimum absolute atomic E-state index is 0.171. The summed E-state index contributed by atoms with van der Waals surface area (Å²) in [5.74, 6) is -0.992. The molecule has 0 aliphatic carbocycles. The summed E-state index contributed by atoms with van der Waals surface area (Å²) in [4.78, 5) is 13.1. The summed E-state index contributed by atoms with van der Waals surface area (Å²) in [5, 5.41) is 18.1. The Morgan fingerprint density at radius 2 is 1.89 bits per heavy atom. The van der Waals surface area contributed by atoms with E-state index >= 15 is 0 Å². The summed E-state index contributed by atoms with van der Waals surface area (Å²) in [7, 11) is 0. The maximum absolute atomic E-state index is 10.9. The lowest BCUT2D eigenvalue weighted by atomic mass is 10.1. The molecule has 0 saturated carbocycles. The number of aromatic carboxylic acids is 1. The van der Waals surface area contributed by atoms with Crippen molar-refractivity contribution in [2.45, 2.75) is 25.7 Å². The van der Waals surface area contributed by atoms with E-state index in [0.29, 0.717) is 5.56 Å². The maximum Gasteiger partial charge on any atom is 0.335 e. The lowest BCUT2D eigenvalue weighted by Crippen LogP contribution is -2.24. The summed E-state index contributed by atoms with van der Waals surface area (Å²) in [6, 6.07) is 6.89. The number of hydrogen-bond donors (Lipinski definition) is 1. The van der Waals surface area contributed by atoms with E-state index in [4.69, 9.17) is 10.4 Å². The molecule has 4 nitrogen and oxygen atoms in total. The van der Waals surface area contributed by atoms with Crippen LogP contribution < -0.4 is 4.90 Å². The van der Waals surface area contributed by atoms with Crippen molar-refractivity contribution < 1.29 is 9.90 Å². The van der Waals surface area contributed by atoms with Crippen LogP contribution in [0.15, 0.2) is 18.2 Å². The summed E-state index contributed by atoms with van der Waals surface area (Å²) >= 11 is 0. The van der Waals surface area contributed by atoms with Gasteiger partial charge in [0.15, 0.2) is 0 Å². The molecule has 1 aliphatic rings. The van der Waals surface area contributed by atoms with Crippen LogP contribution >= 0.6 is 0 Å². The zero-order chi connectivity index (χ0) is 13.0. The van der Waals surface area contributed by atoms with Gasteiger partial charge in [-0.3, -0.25) is 0 Å². The van der Waals surface area contributed by atoms with Crippen LogP contribution in [-0.4, -0.2) is 24.2 Å². The largest absolute Gasteiger partial charge is 0.478 e. The molecule has 0 aromatic heterocycles. The van der Waals surface area contributed by atoms with Crippen LogP contribution in [0.1, 0.15) is 41.6 Å². The number of anilines is 1. The number of carbonyl (C=O) groups is 1. The van der Waals surface area contributed by atoms with Crippen LogP contribution in [-0.2, 0) is 0 Å². The number of benzene rings is 1. The van der Waals surface area contributed by atoms with Crippen molar-refractivity contribution in [3.05, 3.63) is 29.3 Å². The van der Waals surface area contributed by atoms with Crippen molar-refractivity contribution in [2.75, 3.05) is 18.0 Å². The van der Waals surface area contributed by atoms with Gasteiger partial charge in [0, 0.05) is 13.1 Å². The molecule has 0 unspecified atom stereocenters. The highest BCUT2D eigenvalue weighted by Gasteiger charge is 2.15. The predicted octanol–water partition coefficient (Wildman–Crippen LogP) is 2.64. The van der Waals surface area contributed by atoms with E-state index in [1.807, 2.05) is 0 Å². The van der Waals surface area contributed by atoms with Crippen molar-refractivity contribution in [3.8, 4) is 6.07 Å². The summed E-state index contributed by atoms with van der Waals surface area (Å²) in [5.41, 5.74) is 1.49. The second-order valence-electron chi connectivity index (χ2n) is 4.55. The van der Waals surface area contributed by atoms with Crippen LogP contribution in [0.2, 0.25) is 0 Å². The molecular formula is C14H16N2O2. The highest BCUT2D eigenvalue weighted by molar-refractivity contribution is 5.89. The number of nitrogens with zero attached hydrogens (tertiary/aromatic N) is 2. The molecule has 1 saturated heterocycles. The molecule has 0 radical (unpaired) electrons. The molecule has 1 aromatic rings. The fourth-order valence-electron chi connectivity index (χ4n) is 2.35. The minimum atomic E-state index is -0.992. The molecule has 18 heavy (non-hydrogen) atoms. The molecule has 2 rings (SSSR count). The minimum Gasteiger partial charge on any atom is -0.478 e. The van der Waals surface area contributed by atoms with Crippen molar-refractivity contribution in [1.82, 2.24) is 0 Å². The van der Waals surface area contributed by atoms with Gasteiger partial charge in [-0.05, 0) is 31.0 Å². The monoisotopic (exact) mass is 244 g/mol. The Morgan fingerprint density at radius 1 is 1.22 bits per heavy atom. The Morgan fingerprint density at radius 3 is 2.44 bits per heavy atom. The van der Waals surface area contributed by atoms with Crippen molar-refractivity contribution >= 4 is 11.7 Å². The number of hydrogen-bond acceptors (Lipinski definition) is 3. The Balaban J connectivity index is 2.32. The topological polar surface area (TPSA) is 64.3 Å². The molecule has 4 heteroatoms. The van der Waals surface area contributed by atoms with Gasteiger partial charge in [-0.15, -0.1) is 0 Å². The molecule has 1 aliphatic heterocycles. The SMILES string of the molecule is N#Cc1cc(C(=O)O)ccc1N1CCCCCC1. The van der Waals surface area contributed by atoms with Crippen molar-refractivity contribution in [3.63, 3.8) is 0 Å². The smallest absolute Gasteiger partial charge is 0.335 e. The zero-order valence-electron chi connectivity index (χ0n) is 10.2. The summed E-state index contributed by atoms with van der Waals surface area (Å²) in [6.45, 7) is 1.89. The number of rotatable bonds is 2. The van der Waals surface area contributed by atoms with E-state index < -0.39 is 5.97 Å². The second-order valence-corrected chi connectivity index (χ2v) is 4.55. The number of carboxylic acids is 1. The van der Waals surface area contributed by atoms with Gasteiger partial charge in [0.05, 0.1) is 16.8 Å². The van der Waals surface area contributed by atoms with Crippen LogP contribution in [0.3, 0.4) is 0 Å². The predicted molar refractivity (Wildman–Crippen MR) is 68.8 cm³/mol. The standard InChI is InChI=1S/C14H16N2O2/c15-10-12-9-11(14(17)18)5-6-13(12)16-7-3-1-2-4-8-16/h5-6,9H,1-4,7-8H2,(H,17,18). The third-order valence-electron chi connectivity index (χ3n) is 3.31. The molecule has 0 bridgehead atoms. The van der Waals surface area contributed by atoms with E-state index in [1.54, 1.807) is 12.1 Å². The van der Waals surface area contributed by atoms with Crippen LogP contribution in [0.4, 0.5) is 5.69 Å². The first-order chi connectivity index (χ1) is 8.72. The second kappa shape index (κ2) is 5.54. The lowest BCUT2D eigenvalue weighted by Gasteiger charge is -2.23. The van der Waals surface area contributed by atoms with Crippen LogP contribution in [0.5, 0.6) is 0 Å². The van der Waals surface area contributed by atoms with Crippen molar-refractivity contribution in [1.29, 1.82) is 5.26 Å². The Bertz CT molecular complexity index is 483. The first-order valence-electron chi connectivity index (χ1n) is 6.25. The van der Waals surface area contributed by atoms with Crippen LogP contribution in [0.25, 0.3) is 0 Å². The van der Waals surface area contributed by atoms with Gasteiger partial charge >= 0.3 is 5.97 Å². The average Bonchev–Trinajstić information content (AvgIpc) is 2.66. The molecule has 0 atom stereocenters.